The van der Waals surface area contributed by atoms with Gasteiger partial charge in [-0.1, -0.05) is 13.0 Å². The molecule has 1 aliphatic heterocycles. The molecule has 0 aromatic carbocycles. The minimum Gasteiger partial charge on any atom is -0.387 e. The zero-order chi connectivity index (χ0) is 14.8. The molecule has 2 aromatic rings. The largest absolute Gasteiger partial charge is 0.437 e. The van der Waals surface area contributed by atoms with Crippen LogP contribution in [0.1, 0.15) is 19.8 Å². The van der Waals surface area contributed by atoms with Crippen molar-refractivity contribution in [1.29, 1.82) is 0 Å². The molecule has 1 amide bonds. The number of carbonyl (C=O) groups excluding carboxylic acids is 1. The molecule has 3 rings (SSSR count). The number of carbonyl (C=O) groups is 1. The van der Waals surface area contributed by atoms with Crippen LogP contribution in [0, 0.1) is 5.92 Å². The minimum atomic E-state index is -0.586. The van der Waals surface area contributed by atoms with Crippen LogP contribution in [0.25, 0.3) is 10.8 Å². The third-order valence-corrected chi connectivity index (χ3v) is 4.62. The molecule has 2 aromatic heterocycles. The molecule has 6 nitrogen and oxygen atoms in total. The second-order valence-corrected chi connectivity index (χ2v) is 6.32. The van der Waals surface area contributed by atoms with E-state index in [1.807, 2.05) is 17.5 Å². The molecule has 21 heavy (non-hydrogen) atoms. The first-order valence-corrected chi connectivity index (χ1v) is 7.91. The Balaban J connectivity index is 1.70. The summed E-state index contributed by atoms with van der Waals surface area (Å²) in [6, 6.07) is 3.69. The van der Waals surface area contributed by atoms with Crippen LogP contribution in [0.15, 0.2) is 26.7 Å². The van der Waals surface area contributed by atoms with Gasteiger partial charge >= 0.3 is 5.76 Å². The maximum atomic E-state index is 12.2. The summed E-state index contributed by atoms with van der Waals surface area (Å²) in [5.41, 5.74) is 0. The van der Waals surface area contributed by atoms with Crippen LogP contribution in [0.3, 0.4) is 0 Å². The Hall–Kier alpha value is -1.89. The van der Waals surface area contributed by atoms with Gasteiger partial charge in [-0.15, -0.1) is 16.4 Å². The van der Waals surface area contributed by atoms with Gasteiger partial charge in [-0.2, -0.15) is 4.68 Å². The van der Waals surface area contributed by atoms with Gasteiger partial charge in [0.15, 0.2) is 0 Å². The van der Waals surface area contributed by atoms with Crippen molar-refractivity contribution in [2.45, 2.75) is 26.3 Å². The Kier molecular flexibility index (Phi) is 3.92. The molecule has 0 aliphatic carbocycles. The summed E-state index contributed by atoms with van der Waals surface area (Å²) >= 11 is 1.44. The lowest BCUT2D eigenvalue weighted by Gasteiger charge is -2.30. The first-order chi connectivity index (χ1) is 10.1. The second-order valence-electron chi connectivity index (χ2n) is 5.37. The Morgan fingerprint density at radius 2 is 2.24 bits per heavy atom. The van der Waals surface area contributed by atoms with Gasteiger partial charge in [0.2, 0.25) is 5.91 Å². The predicted octanol–water partition coefficient (Wildman–Crippen LogP) is 1.82. The maximum Gasteiger partial charge on any atom is 0.437 e. The van der Waals surface area contributed by atoms with Crippen molar-refractivity contribution in [3.05, 3.63) is 28.1 Å². The first kappa shape index (κ1) is 14.1. The molecule has 7 heteroatoms. The topological polar surface area (TPSA) is 68.3 Å². The maximum absolute atomic E-state index is 12.2. The number of piperidine rings is 1. The SMILES string of the molecule is CC1CCN(C(=O)Cn2nc(-c3cccs3)oc2=O)CC1. The number of hydrogen-bond donors (Lipinski definition) is 0. The fraction of sp³-hybridized carbons (Fsp3) is 0.500. The highest BCUT2D eigenvalue weighted by Crippen LogP contribution is 2.21. The van der Waals surface area contributed by atoms with Crippen molar-refractivity contribution in [3.8, 4) is 10.8 Å². The number of hydrogen-bond acceptors (Lipinski definition) is 5. The van der Waals surface area contributed by atoms with Crippen LogP contribution in [0.5, 0.6) is 0 Å². The van der Waals surface area contributed by atoms with Crippen LogP contribution < -0.4 is 5.76 Å². The zero-order valence-corrected chi connectivity index (χ0v) is 12.6. The van der Waals surface area contributed by atoms with Gasteiger partial charge in [-0.25, -0.2) is 4.79 Å². The van der Waals surface area contributed by atoms with Gasteiger partial charge in [0, 0.05) is 13.1 Å². The van der Waals surface area contributed by atoms with Crippen molar-refractivity contribution < 1.29 is 9.21 Å². The van der Waals surface area contributed by atoms with E-state index in [9.17, 15) is 9.59 Å². The normalized spacial score (nSPS) is 16.3. The summed E-state index contributed by atoms with van der Waals surface area (Å²) in [4.78, 5) is 26.6. The van der Waals surface area contributed by atoms with E-state index in [0.29, 0.717) is 5.92 Å². The predicted molar refractivity (Wildman–Crippen MR) is 79.1 cm³/mol. The van der Waals surface area contributed by atoms with Crippen LogP contribution in [-0.2, 0) is 11.3 Å². The van der Waals surface area contributed by atoms with Gasteiger partial charge < -0.3 is 9.32 Å². The van der Waals surface area contributed by atoms with E-state index in [1.165, 1.54) is 11.3 Å². The number of aromatic nitrogens is 2. The smallest absolute Gasteiger partial charge is 0.387 e. The van der Waals surface area contributed by atoms with Crippen molar-refractivity contribution in [3.63, 3.8) is 0 Å². The number of amides is 1. The summed E-state index contributed by atoms with van der Waals surface area (Å²) in [5, 5.41) is 5.99. The summed E-state index contributed by atoms with van der Waals surface area (Å²) < 4.78 is 6.21. The van der Waals surface area contributed by atoms with Gasteiger partial charge in [0.05, 0.1) is 4.88 Å². The fourth-order valence-electron chi connectivity index (χ4n) is 2.39. The Morgan fingerprint density at radius 3 is 2.90 bits per heavy atom. The lowest BCUT2D eigenvalue weighted by molar-refractivity contribution is -0.133. The van der Waals surface area contributed by atoms with Gasteiger partial charge in [0.25, 0.3) is 5.89 Å². The Morgan fingerprint density at radius 1 is 1.48 bits per heavy atom. The standard InChI is InChI=1S/C14H17N3O3S/c1-10-4-6-16(7-5-10)12(18)9-17-14(19)20-13(15-17)11-3-2-8-21-11/h2-3,8,10H,4-7,9H2,1H3. The van der Waals surface area contributed by atoms with Crippen LogP contribution in [-0.4, -0.2) is 33.7 Å². The first-order valence-electron chi connectivity index (χ1n) is 7.03. The molecule has 3 heterocycles. The molecule has 1 fully saturated rings. The molecule has 0 radical (unpaired) electrons. The van der Waals surface area contributed by atoms with Crippen molar-refractivity contribution in [2.75, 3.05) is 13.1 Å². The molecule has 0 N–H and O–H groups in total. The Bertz CT molecular complexity index is 666. The average Bonchev–Trinajstić information content (AvgIpc) is 3.10. The molecule has 1 saturated heterocycles. The molecular weight excluding hydrogens is 290 g/mol. The number of rotatable bonds is 3. The fourth-order valence-corrected chi connectivity index (χ4v) is 3.04. The molecule has 0 atom stereocenters. The van der Waals surface area contributed by atoms with E-state index in [2.05, 4.69) is 12.0 Å². The summed E-state index contributed by atoms with van der Waals surface area (Å²) in [6.07, 6.45) is 2.03. The number of nitrogens with zero attached hydrogens (tertiary/aromatic N) is 3. The highest BCUT2D eigenvalue weighted by Gasteiger charge is 2.22. The molecule has 1 aliphatic rings. The quantitative estimate of drug-likeness (QED) is 0.867. The minimum absolute atomic E-state index is 0.0535. The van der Waals surface area contributed by atoms with E-state index in [4.69, 9.17) is 4.42 Å². The highest BCUT2D eigenvalue weighted by atomic mass is 32.1. The van der Waals surface area contributed by atoms with E-state index in [0.717, 1.165) is 35.5 Å². The molecule has 112 valence electrons. The van der Waals surface area contributed by atoms with Crippen LogP contribution in [0.4, 0.5) is 0 Å². The summed E-state index contributed by atoms with van der Waals surface area (Å²) in [7, 11) is 0. The lowest BCUT2D eigenvalue weighted by atomic mass is 9.99. The highest BCUT2D eigenvalue weighted by molar-refractivity contribution is 7.13. The van der Waals surface area contributed by atoms with Gasteiger partial charge in [0.1, 0.15) is 6.54 Å². The molecule has 0 bridgehead atoms. The third-order valence-electron chi connectivity index (χ3n) is 3.76. The average molecular weight is 307 g/mol. The summed E-state index contributed by atoms with van der Waals surface area (Å²) in [6.45, 7) is 3.65. The van der Waals surface area contributed by atoms with Crippen molar-refractivity contribution in [1.82, 2.24) is 14.7 Å². The van der Waals surface area contributed by atoms with E-state index >= 15 is 0 Å². The zero-order valence-electron chi connectivity index (χ0n) is 11.8. The van der Waals surface area contributed by atoms with Crippen molar-refractivity contribution in [2.24, 2.45) is 5.92 Å². The molecule has 0 spiro atoms. The van der Waals surface area contributed by atoms with Gasteiger partial charge in [-0.3, -0.25) is 4.79 Å². The Labute approximate surface area is 126 Å². The monoisotopic (exact) mass is 307 g/mol. The van der Waals surface area contributed by atoms with Crippen LogP contribution in [0.2, 0.25) is 0 Å². The number of likely N-dealkylation sites (tertiary alicyclic amines) is 1. The van der Waals surface area contributed by atoms with Crippen LogP contribution >= 0.6 is 11.3 Å². The molecular formula is C14H17N3O3S. The van der Waals surface area contributed by atoms with E-state index in [1.54, 1.807) is 4.90 Å². The second kappa shape index (κ2) is 5.85. The lowest BCUT2D eigenvalue weighted by Crippen LogP contribution is -2.41. The van der Waals surface area contributed by atoms with Crippen molar-refractivity contribution >= 4 is 17.2 Å². The molecule has 0 unspecified atom stereocenters. The molecule has 0 saturated carbocycles. The van der Waals surface area contributed by atoms with E-state index < -0.39 is 5.76 Å². The number of thiophene rings is 1. The van der Waals surface area contributed by atoms with Gasteiger partial charge in [-0.05, 0) is 30.2 Å². The third kappa shape index (κ3) is 3.07. The van der Waals surface area contributed by atoms with E-state index in [-0.39, 0.29) is 18.3 Å². The summed E-state index contributed by atoms with van der Waals surface area (Å²) in [5.74, 6) is 0.275.